The zero-order valence-corrected chi connectivity index (χ0v) is 35.9. The first kappa shape index (κ1) is 53.9. The summed E-state index contributed by atoms with van der Waals surface area (Å²) >= 11 is 0. The second-order valence-electron chi connectivity index (χ2n) is 13.6. The SMILES string of the molecule is CC/C=C\C/C=C\C/C=C\C/C=C\C/C=C\C/C=C\CCC(=O)OC(COC(=O)CC/C=C\C/C=C\CCCCCCCCCC)COP(=O)(O)OCC(O)CO. The van der Waals surface area contributed by atoms with Gasteiger partial charge < -0.3 is 24.6 Å². The number of unbranched alkanes of at least 4 members (excludes halogenated alkanes) is 8. The molecule has 0 bridgehead atoms. The highest BCUT2D eigenvalue weighted by Crippen LogP contribution is 2.43. The fraction of sp³-hybridized carbons (Fsp3) is 0.609. The molecule has 0 radical (unpaired) electrons. The Hall–Kier alpha value is -3.11. The lowest BCUT2D eigenvalue weighted by atomic mass is 10.1. The highest BCUT2D eigenvalue weighted by Gasteiger charge is 2.27. The Morgan fingerprint density at radius 3 is 1.46 bits per heavy atom. The number of hydrogen-bond acceptors (Lipinski definition) is 9. The van der Waals surface area contributed by atoms with Crippen LogP contribution in [0.2, 0.25) is 0 Å². The first-order valence-electron chi connectivity index (χ1n) is 21.2. The van der Waals surface area contributed by atoms with Crippen molar-refractivity contribution in [3.05, 3.63) is 97.2 Å². The molecule has 0 amide bonds. The van der Waals surface area contributed by atoms with Crippen molar-refractivity contribution in [3.8, 4) is 0 Å². The fourth-order valence-electron chi connectivity index (χ4n) is 5.01. The quantitative estimate of drug-likeness (QED) is 0.0238. The molecule has 10 nitrogen and oxygen atoms in total. The van der Waals surface area contributed by atoms with Gasteiger partial charge >= 0.3 is 19.8 Å². The number of phosphoric ester groups is 1. The lowest BCUT2D eigenvalue weighted by Gasteiger charge is -2.20. The normalized spacial score (nSPS) is 14.8. The number of carbonyl (C=O) groups is 2. The third-order valence-electron chi connectivity index (χ3n) is 8.25. The topological polar surface area (TPSA) is 149 Å². The van der Waals surface area contributed by atoms with E-state index in [1.807, 2.05) is 24.3 Å². The molecule has 3 unspecified atom stereocenters. The van der Waals surface area contributed by atoms with Gasteiger partial charge in [0.1, 0.15) is 12.7 Å². The van der Waals surface area contributed by atoms with Crippen LogP contribution < -0.4 is 0 Å². The number of phosphoric acid groups is 1. The molecule has 3 N–H and O–H groups in total. The summed E-state index contributed by atoms with van der Waals surface area (Å²) < 4.78 is 32.5. The molecule has 0 spiro atoms. The van der Waals surface area contributed by atoms with Crippen molar-refractivity contribution in [2.24, 2.45) is 0 Å². The molecule has 0 saturated carbocycles. The second kappa shape index (κ2) is 41.1. The van der Waals surface area contributed by atoms with Gasteiger partial charge in [0.2, 0.25) is 0 Å². The van der Waals surface area contributed by atoms with Crippen LogP contribution >= 0.6 is 7.82 Å². The van der Waals surface area contributed by atoms with E-state index in [9.17, 15) is 24.2 Å². The summed E-state index contributed by atoms with van der Waals surface area (Å²) in [5.41, 5.74) is 0. The number of aliphatic hydroxyl groups is 2. The molecule has 0 aromatic rings. The molecule has 0 heterocycles. The number of hydrogen-bond donors (Lipinski definition) is 3. The Bertz CT molecular complexity index is 1260. The molecule has 3 atom stereocenters. The summed E-state index contributed by atoms with van der Waals surface area (Å²) in [6.07, 6.45) is 49.8. The van der Waals surface area contributed by atoms with Crippen molar-refractivity contribution in [1.82, 2.24) is 0 Å². The van der Waals surface area contributed by atoms with Crippen LogP contribution in [-0.2, 0) is 32.7 Å². The molecule has 0 rings (SSSR count). The first-order valence-corrected chi connectivity index (χ1v) is 22.7. The lowest BCUT2D eigenvalue weighted by Crippen LogP contribution is -2.29. The van der Waals surface area contributed by atoms with Crippen molar-refractivity contribution in [1.29, 1.82) is 0 Å². The predicted octanol–water partition coefficient (Wildman–Crippen LogP) is 11.2. The van der Waals surface area contributed by atoms with Crippen LogP contribution in [-0.4, -0.2) is 65.7 Å². The summed E-state index contributed by atoms with van der Waals surface area (Å²) in [5.74, 6) is -1.11. The number of rotatable bonds is 38. The number of esters is 2. The van der Waals surface area contributed by atoms with Crippen molar-refractivity contribution >= 4 is 19.8 Å². The average Bonchev–Trinajstić information content (AvgIpc) is 3.20. The monoisotopic (exact) mass is 819 g/mol. The molecule has 0 aromatic heterocycles. The van der Waals surface area contributed by atoms with E-state index in [0.29, 0.717) is 12.8 Å². The molecule has 11 heteroatoms. The minimum atomic E-state index is -4.65. The smallest absolute Gasteiger partial charge is 0.462 e. The van der Waals surface area contributed by atoms with E-state index in [4.69, 9.17) is 19.1 Å². The van der Waals surface area contributed by atoms with Crippen molar-refractivity contribution in [2.45, 2.75) is 154 Å². The van der Waals surface area contributed by atoms with Crippen molar-refractivity contribution in [2.75, 3.05) is 26.4 Å². The molecule has 0 aliphatic heterocycles. The molecule has 324 valence electrons. The summed E-state index contributed by atoms with van der Waals surface area (Å²) in [4.78, 5) is 34.9. The van der Waals surface area contributed by atoms with Crippen LogP contribution in [0.5, 0.6) is 0 Å². The van der Waals surface area contributed by atoms with Gasteiger partial charge in [0.15, 0.2) is 6.10 Å². The van der Waals surface area contributed by atoms with Gasteiger partial charge in [-0.2, -0.15) is 0 Å². The molecule has 0 aromatic carbocycles. The third-order valence-corrected chi connectivity index (χ3v) is 9.20. The van der Waals surface area contributed by atoms with Gasteiger partial charge in [-0.3, -0.25) is 18.6 Å². The highest BCUT2D eigenvalue weighted by molar-refractivity contribution is 7.47. The second-order valence-corrected chi connectivity index (χ2v) is 15.1. The van der Waals surface area contributed by atoms with E-state index in [1.165, 1.54) is 51.4 Å². The number of ether oxygens (including phenoxy) is 2. The Morgan fingerprint density at radius 2 is 0.965 bits per heavy atom. The third kappa shape index (κ3) is 40.9. The largest absolute Gasteiger partial charge is 0.472 e. The standard InChI is InChI=1S/C46H75O10P/c1-3-5-7-9-11-13-15-17-19-20-21-22-24-26-28-30-32-34-36-38-46(50)56-44(42-55-57(51,52)54-40-43(48)39-47)41-53-45(49)37-35-33-31-29-27-25-23-18-16-14-12-10-8-6-4-2/h5,7,11,13,17,19,21-22,25-28,31-34,43-44,47-48H,3-4,6,8-10,12,14-16,18,20,23-24,29-30,35-42H2,1-2H3,(H,51,52)/b7-5-,13-11-,19-17-,22-21-,27-25-,28-26-,33-31-,34-32-. The molecule has 0 saturated heterocycles. The number of allylic oxidation sites excluding steroid dienone is 16. The maximum absolute atomic E-state index is 12.6. The molecule has 0 aliphatic carbocycles. The molecule has 0 aliphatic rings. The molecular weight excluding hydrogens is 743 g/mol. The van der Waals surface area contributed by atoms with Gasteiger partial charge in [-0.1, -0.05) is 156 Å². The van der Waals surface area contributed by atoms with E-state index in [1.54, 1.807) is 0 Å². The van der Waals surface area contributed by atoms with Gasteiger partial charge in [-0.05, 0) is 70.6 Å². The number of aliphatic hydroxyl groups excluding tert-OH is 2. The zero-order chi connectivity index (χ0) is 41.9. The Labute approximate surface area is 344 Å². The van der Waals surface area contributed by atoms with Crippen LogP contribution in [0.1, 0.15) is 142 Å². The van der Waals surface area contributed by atoms with Gasteiger partial charge in [-0.25, -0.2) is 4.57 Å². The van der Waals surface area contributed by atoms with E-state index < -0.39 is 51.8 Å². The zero-order valence-electron chi connectivity index (χ0n) is 35.0. The molecule has 57 heavy (non-hydrogen) atoms. The maximum atomic E-state index is 12.6. The summed E-state index contributed by atoms with van der Waals surface area (Å²) in [7, 11) is -4.65. The minimum Gasteiger partial charge on any atom is -0.462 e. The minimum absolute atomic E-state index is 0.0426. The predicted molar refractivity (Wildman–Crippen MR) is 232 cm³/mol. The number of carbonyl (C=O) groups excluding carboxylic acids is 2. The van der Waals surface area contributed by atoms with Crippen LogP contribution in [0, 0.1) is 0 Å². The van der Waals surface area contributed by atoms with Gasteiger partial charge in [0, 0.05) is 12.8 Å². The van der Waals surface area contributed by atoms with Crippen molar-refractivity contribution < 1.29 is 47.8 Å². The van der Waals surface area contributed by atoms with Gasteiger partial charge in [0.25, 0.3) is 0 Å². The molecular formula is C46H75O10P. The summed E-state index contributed by atoms with van der Waals surface area (Å²) in [6.45, 7) is 2.09. The average molecular weight is 819 g/mol. The van der Waals surface area contributed by atoms with Gasteiger partial charge in [0.05, 0.1) is 19.8 Å². The van der Waals surface area contributed by atoms with Crippen LogP contribution in [0.3, 0.4) is 0 Å². The summed E-state index contributed by atoms with van der Waals surface area (Å²) in [6, 6.07) is 0. The van der Waals surface area contributed by atoms with Crippen LogP contribution in [0.4, 0.5) is 0 Å². The van der Waals surface area contributed by atoms with Crippen molar-refractivity contribution in [3.63, 3.8) is 0 Å². The van der Waals surface area contributed by atoms with Gasteiger partial charge in [-0.15, -0.1) is 0 Å². The Morgan fingerprint density at radius 1 is 0.544 bits per heavy atom. The van der Waals surface area contributed by atoms with Crippen LogP contribution in [0.15, 0.2) is 97.2 Å². The fourth-order valence-corrected chi connectivity index (χ4v) is 5.80. The van der Waals surface area contributed by atoms with E-state index in [-0.39, 0.29) is 19.4 Å². The maximum Gasteiger partial charge on any atom is 0.472 e. The summed E-state index contributed by atoms with van der Waals surface area (Å²) in [5, 5.41) is 18.3. The lowest BCUT2D eigenvalue weighted by molar-refractivity contribution is -0.161. The van der Waals surface area contributed by atoms with E-state index >= 15 is 0 Å². The Balaban J connectivity index is 4.54. The molecule has 0 fully saturated rings. The Kier molecular flexibility index (Phi) is 38.8. The van der Waals surface area contributed by atoms with Crippen LogP contribution in [0.25, 0.3) is 0 Å². The van der Waals surface area contributed by atoms with E-state index in [2.05, 4.69) is 91.3 Å². The van der Waals surface area contributed by atoms with E-state index in [0.717, 1.165) is 51.4 Å². The highest BCUT2D eigenvalue weighted by atomic mass is 31.2. The first-order chi connectivity index (χ1) is 27.7.